The molecule has 0 aliphatic rings. The lowest BCUT2D eigenvalue weighted by atomic mass is 9.83. The van der Waals surface area contributed by atoms with Crippen molar-refractivity contribution in [3.05, 3.63) is 33.4 Å². The molecule has 0 aromatic heterocycles. The zero-order valence-electron chi connectivity index (χ0n) is 13.3. The Kier molecular flexibility index (Phi) is 5.64. The quantitative estimate of drug-likeness (QED) is 0.516. The second kappa shape index (κ2) is 6.46. The second-order valence-corrected chi connectivity index (χ2v) is 7.64. The van der Waals surface area contributed by atoms with E-state index in [0.717, 1.165) is 12.0 Å². The zero-order valence-corrected chi connectivity index (χ0v) is 15.4. The van der Waals surface area contributed by atoms with Crippen LogP contribution in [-0.2, 0) is 15.1 Å². The molecule has 0 heterocycles. The molecule has 0 spiro atoms. The number of ether oxygens (including phenoxy) is 1. The summed E-state index contributed by atoms with van der Waals surface area (Å²) in [5.41, 5.74) is 0.0147. The topological polar surface area (TPSA) is 26.3 Å². The fourth-order valence-electron chi connectivity index (χ4n) is 1.77. The Bertz CT molecular complexity index is 462. The summed E-state index contributed by atoms with van der Waals surface area (Å²) in [5, 5.41) is 0. The number of hydrogen-bond acceptors (Lipinski definition) is 2. The van der Waals surface area contributed by atoms with Crippen LogP contribution >= 0.6 is 22.6 Å². The maximum atomic E-state index is 12.4. The summed E-state index contributed by atoms with van der Waals surface area (Å²) >= 11 is 2.28. The number of hydrogen-bond donors (Lipinski definition) is 0. The maximum absolute atomic E-state index is 12.4. The number of benzene rings is 1. The first-order valence-electron chi connectivity index (χ1n) is 7.13. The van der Waals surface area contributed by atoms with Crippen LogP contribution in [0.5, 0.6) is 0 Å². The van der Waals surface area contributed by atoms with Gasteiger partial charge in [0.2, 0.25) is 0 Å². The molecule has 0 saturated carbocycles. The summed E-state index contributed by atoms with van der Waals surface area (Å²) in [4.78, 5) is 12.4. The van der Waals surface area contributed by atoms with E-state index in [0.29, 0.717) is 0 Å². The summed E-state index contributed by atoms with van der Waals surface area (Å²) < 4.78 is 7.12. The van der Waals surface area contributed by atoms with Crippen LogP contribution in [-0.4, -0.2) is 5.97 Å². The van der Waals surface area contributed by atoms with Gasteiger partial charge in [-0.1, -0.05) is 32.9 Å². The highest BCUT2D eigenvalue weighted by atomic mass is 127. The number of esters is 1. The van der Waals surface area contributed by atoms with Gasteiger partial charge < -0.3 is 4.74 Å². The molecule has 0 aliphatic carbocycles. The van der Waals surface area contributed by atoms with Crippen LogP contribution < -0.4 is 0 Å². The van der Waals surface area contributed by atoms with Gasteiger partial charge in [-0.2, -0.15) is 0 Å². The fourth-order valence-corrected chi connectivity index (χ4v) is 2.13. The van der Waals surface area contributed by atoms with E-state index in [4.69, 9.17) is 4.74 Å². The van der Waals surface area contributed by atoms with Gasteiger partial charge in [0.05, 0.1) is 5.41 Å². The van der Waals surface area contributed by atoms with Crippen molar-refractivity contribution in [3.63, 3.8) is 0 Å². The van der Waals surface area contributed by atoms with E-state index in [1.807, 2.05) is 39.8 Å². The normalized spacial score (nSPS) is 15.0. The van der Waals surface area contributed by atoms with E-state index >= 15 is 0 Å². The van der Waals surface area contributed by atoms with Gasteiger partial charge in [-0.25, -0.2) is 0 Å². The highest BCUT2D eigenvalue weighted by Gasteiger charge is 2.39. The lowest BCUT2D eigenvalue weighted by molar-refractivity contribution is -0.175. The highest BCUT2D eigenvalue weighted by molar-refractivity contribution is 14.1. The van der Waals surface area contributed by atoms with E-state index < -0.39 is 11.0 Å². The lowest BCUT2D eigenvalue weighted by Gasteiger charge is -2.37. The van der Waals surface area contributed by atoms with E-state index in [-0.39, 0.29) is 11.9 Å². The predicted octanol–water partition coefficient (Wildman–Crippen LogP) is 5.14. The average Bonchev–Trinajstić information content (AvgIpc) is 2.38. The van der Waals surface area contributed by atoms with Crippen LogP contribution in [0.3, 0.4) is 0 Å². The van der Waals surface area contributed by atoms with Gasteiger partial charge in [0.1, 0.15) is 5.60 Å². The molecule has 20 heavy (non-hydrogen) atoms. The summed E-state index contributed by atoms with van der Waals surface area (Å²) in [6.45, 7) is 12.1. The molecule has 0 radical (unpaired) electrons. The molecule has 112 valence electrons. The van der Waals surface area contributed by atoms with E-state index in [2.05, 4.69) is 48.6 Å². The van der Waals surface area contributed by atoms with Crippen LogP contribution in [0.4, 0.5) is 0 Å². The van der Waals surface area contributed by atoms with Crippen molar-refractivity contribution in [1.82, 2.24) is 0 Å². The molecule has 1 atom stereocenters. The monoisotopic (exact) mass is 388 g/mol. The van der Waals surface area contributed by atoms with Crippen molar-refractivity contribution in [2.45, 2.75) is 53.6 Å². The SMILES string of the molecule is CCC(C)(C)C(=O)OC(C)(c1ccc(I)cc1)C(C)C. The molecule has 0 saturated heterocycles. The minimum atomic E-state index is -0.589. The molecule has 1 unspecified atom stereocenters. The molecule has 0 amide bonds. The standard InChI is InChI=1S/C17H25IO2/c1-7-16(4,5)15(19)20-17(6,12(2)3)13-8-10-14(18)11-9-13/h8-12H,7H2,1-6H3. The lowest BCUT2D eigenvalue weighted by Crippen LogP contribution is -2.39. The second-order valence-electron chi connectivity index (χ2n) is 6.40. The number of carbonyl (C=O) groups excluding carboxylic acids is 1. The van der Waals surface area contributed by atoms with Gasteiger partial charge >= 0.3 is 5.97 Å². The van der Waals surface area contributed by atoms with Crippen molar-refractivity contribution in [2.75, 3.05) is 0 Å². The van der Waals surface area contributed by atoms with Crippen LogP contribution in [0.25, 0.3) is 0 Å². The summed E-state index contributed by atoms with van der Waals surface area (Å²) in [5.74, 6) is 0.0777. The molecule has 0 N–H and O–H groups in total. The Hall–Kier alpha value is -0.580. The molecule has 0 fully saturated rings. The largest absolute Gasteiger partial charge is 0.454 e. The van der Waals surface area contributed by atoms with Gasteiger partial charge in [-0.05, 0) is 73.4 Å². The van der Waals surface area contributed by atoms with Crippen molar-refractivity contribution in [2.24, 2.45) is 11.3 Å². The third-order valence-electron chi connectivity index (χ3n) is 4.26. The summed E-state index contributed by atoms with van der Waals surface area (Å²) in [7, 11) is 0. The highest BCUT2D eigenvalue weighted by Crippen LogP contribution is 2.36. The number of halogens is 1. The van der Waals surface area contributed by atoms with Crippen molar-refractivity contribution in [3.8, 4) is 0 Å². The third kappa shape index (κ3) is 3.74. The Balaban J connectivity index is 3.11. The van der Waals surface area contributed by atoms with Crippen LogP contribution in [0.15, 0.2) is 24.3 Å². The summed E-state index contributed by atoms with van der Waals surface area (Å²) in [6.07, 6.45) is 0.771. The molecule has 1 aromatic carbocycles. The molecule has 2 nitrogen and oxygen atoms in total. The van der Waals surface area contributed by atoms with Crippen molar-refractivity contribution in [1.29, 1.82) is 0 Å². The number of carbonyl (C=O) groups is 1. The molecular formula is C17H25IO2. The zero-order chi connectivity index (χ0) is 15.6. The summed E-state index contributed by atoms with van der Waals surface area (Å²) in [6, 6.07) is 8.20. The minimum absolute atomic E-state index is 0.130. The van der Waals surface area contributed by atoms with E-state index in [1.54, 1.807) is 0 Å². The van der Waals surface area contributed by atoms with Gasteiger partial charge in [0.15, 0.2) is 0 Å². The molecule has 3 heteroatoms. The molecule has 0 bridgehead atoms. The fraction of sp³-hybridized carbons (Fsp3) is 0.588. The Morgan fingerprint density at radius 2 is 1.70 bits per heavy atom. The minimum Gasteiger partial charge on any atom is -0.454 e. The van der Waals surface area contributed by atoms with Crippen LogP contribution in [0.1, 0.15) is 53.5 Å². The Morgan fingerprint density at radius 1 is 1.20 bits per heavy atom. The molecule has 1 aromatic rings. The van der Waals surface area contributed by atoms with Gasteiger partial charge in [0, 0.05) is 3.57 Å². The van der Waals surface area contributed by atoms with E-state index in [1.165, 1.54) is 3.57 Å². The van der Waals surface area contributed by atoms with Gasteiger partial charge in [-0.15, -0.1) is 0 Å². The first kappa shape index (κ1) is 17.5. The predicted molar refractivity (Wildman–Crippen MR) is 91.5 cm³/mol. The average molecular weight is 388 g/mol. The molecule has 1 rings (SSSR count). The van der Waals surface area contributed by atoms with Gasteiger partial charge in [0.25, 0.3) is 0 Å². The smallest absolute Gasteiger partial charge is 0.312 e. The molecular weight excluding hydrogens is 363 g/mol. The Labute approximate surface area is 136 Å². The maximum Gasteiger partial charge on any atom is 0.312 e. The van der Waals surface area contributed by atoms with Gasteiger partial charge in [-0.3, -0.25) is 4.79 Å². The van der Waals surface area contributed by atoms with Crippen molar-refractivity contribution >= 4 is 28.6 Å². The third-order valence-corrected chi connectivity index (χ3v) is 4.98. The number of rotatable bonds is 5. The first-order chi connectivity index (χ1) is 9.13. The first-order valence-corrected chi connectivity index (χ1v) is 8.21. The van der Waals surface area contributed by atoms with Crippen molar-refractivity contribution < 1.29 is 9.53 Å². The van der Waals surface area contributed by atoms with E-state index in [9.17, 15) is 4.79 Å². The molecule has 0 aliphatic heterocycles. The Morgan fingerprint density at radius 3 is 2.10 bits per heavy atom. The van der Waals surface area contributed by atoms with Crippen LogP contribution in [0, 0.1) is 14.9 Å². The van der Waals surface area contributed by atoms with Crippen LogP contribution in [0.2, 0.25) is 0 Å².